The van der Waals surface area contributed by atoms with Gasteiger partial charge in [0.05, 0.1) is 0 Å². The van der Waals surface area contributed by atoms with Gasteiger partial charge < -0.3 is 5.32 Å². The summed E-state index contributed by atoms with van der Waals surface area (Å²) < 4.78 is 1.34. The van der Waals surface area contributed by atoms with E-state index in [2.05, 4.69) is 15.4 Å². The van der Waals surface area contributed by atoms with Crippen molar-refractivity contribution in [2.75, 3.05) is 6.54 Å². The lowest BCUT2D eigenvalue weighted by Gasteiger charge is -2.01. The van der Waals surface area contributed by atoms with Crippen molar-refractivity contribution < 1.29 is 4.79 Å². The monoisotopic (exact) mass is 193 g/mol. The highest BCUT2D eigenvalue weighted by Gasteiger charge is 2.03. The quantitative estimate of drug-likeness (QED) is 0.710. The topological polar surface area (TPSA) is 83.6 Å². The third-order valence-corrected chi connectivity index (χ3v) is 1.51. The van der Waals surface area contributed by atoms with Crippen molar-refractivity contribution in [1.82, 2.24) is 20.1 Å². The molecule has 0 spiro atoms. The molecule has 0 aliphatic rings. The van der Waals surface area contributed by atoms with Crippen LogP contribution >= 0.6 is 0 Å². The molecule has 1 rings (SSSR count). The molecule has 0 saturated carbocycles. The first-order chi connectivity index (χ1) is 6.76. The third-order valence-electron chi connectivity index (χ3n) is 1.51. The van der Waals surface area contributed by atoms with Gasteiger partial charge in [-0.1, -0.05) is 6.92 Å². The third kappa shape index (κ3) is 2.86. The Labute approximate surface area is 81.6 Å². The second kappa shape index (κ2) is 4.97. The molecule has 6 heteroatoms. The summed E-state index contributed by atoms with van der Waals surface area (Å²) >= 11 is 0. The number of hydrogen-bond donors (Lipinski definition) is 1. The van der Waals surface area contributed by atoms with Crippen molar-refractivity contribution in [1.29, 1.82) is 5.26 Å². The van der Waals surface area contributed by atoms with Crippen LogP contribution in [-0.4, -0.2) is 27.2 Å². The van der Waals surface area contributed by atoms with Crippen LogP contribution in [0.5, 0.6) is 0 Å². The van der Waals surface area contributed by atoms with Crippen LogP contribution in [0.3, 0.4) is 0 Å². The number of carbonyl (C=O) groups excluding carboxylic acids is 1. The van der Waals surface area contributed by atoms with Gasteiger partial charge in [0.2, 0.25) is 5.91 Å². The molecule has 74 valence electrons. The highest BCUT2D eigenvalue weighted by Crippen LogP contribution is 1.87. The molecule has 0 aliphatic heterocycles. The number of hydrogen-bond acceptors (Lipinski definition) is 4. The molecule has 1 amide bonds. The van der Waals surface area contributed by atoms with Crippen LogP contribution in [0.25, 0.3) is 0 Å². The van der Waals surface area contributed by atoms with Gasteiger partial charge in [0.25, 0.3) is 5.82 Å². The molecule has 1 aromatic heterocycles. The van der Waals surface area contributed by atoms with E-state index in [9.17, 15) is 4.79 Å². The van der Waals surface area contributed by atoms with Gasteiger partial charge in [0, 0.05) is 6.54 Å². The Kier molecular flexibility index (Phi) is 3.61. The Hall–Kier alpha value is -1.90. The Morgan fingerprint density at radius 1 is 1.79 bits per heavy atom. The molecule has 0 saturated heterocycles. The van der Waals surface area contributed by atoms with Crippen molar-refractivity contribution in [2.24, 2.45) is 0 Å². The number of nitriles is 1. The molecule has 0 bridgehead atoms. The fourth-order valence-electron chi connectivity index (χ4n) is 0.890. The second-order valence-electron chi connectivity index (χ2n) is 2.73. The molecule has 6 nitrogen and oxygen atoms in total. The molecule has 0 unspecified atom stereocenters. The summed E-state index contributed by atoms with van der Waals surface area (Å²) in [6.45, 7) is 2.73. The molecular weight excluding hydrogens is 182 g/mol. The van der Waals surface area contributed by atoms with E-state index in [0.717, 1.165) is 6.42 Å². The SMILES string of the molecule is CCCNC(=O)Cn1cnc(C#N)n1. The Bertz CT molecular complexity index is 351. The van der Waals surface area contributed by atoms with Crippen LogP contribution in [0.15, 0.2) is 6.33 Å². The fraction of sp³-hybridized carbons (Fsp3) is 0.500. The minimum Gasteiger partial charge on any atom is -0.355 e. The van der Waals surface area contributed by atoms with Crippen LogP contribution in [0, 0.1) is 11.3 Å². The molecule has 0 fully saturated rings. The van der Waals surface area contributed by atoms with Crippen molar-refractivity contribution in [3.8, 4) is 6.07 Å². The molecule has 1 aromatic rings. The van der Waals surface area contributed by atoms with Crippen LogP contribution in [0.4, 0.5) is 0 Å². The summed E-state index contributed by atoms with van der Waals surface area (Å²) in [6.07, 6.45) is 2.26. The zero-order chi connectivity index (χ0) is 10.4. The number of carbonyl (C=O) groups is 1. The summed E-state index contributed by atoms with van der Waals surface area (Å²) in [5.74, 6) is -0.0467. The van der Waals surface area contributed by atoms with E-state index >= 15 is 0 Å². The highest BCUT2D eigenvalue weighted by molar-refractivity contribution is 5.75. The Balaban J connectivity index is 2.44. The number of rotatable bonds is 4. The fourth-order valence-corrected chi connectivity index (χ4v) is 0.890. The van der Waals surface area contributed by atoms with E-state index in [1.54, 1.807) is 6.07 Å². The molecule has 0 atom stereocenters. The summed E-state index contributed by atoms with van der Waals surface area (Å²) in [7, 11) is 0. The van der Waals surface area contributed by atoms with Crippen molar-refractivity contribution in [3.63, 3.8) is 0 Å². The van der Waals surface area contributed by atoms with E-state index < -0.39 is 0 Å². The van der Waals surface area contributed by atoms with Crippen LogP contribution in [0.1, 0.15) is 19.2 Å². The summed E-state index contributed by atoms with van der Waals surface area (Å²) in [4.78, 5) is 14.9. The first-order valence-electron chi connectivity index (χ1n) is 4.32. The van der Waals surface area contributed by atoms with Gasteiger partial charge in [-0.15, -0.1) is 5.10 Å². The van der Waals surface area contributed by atoms with Crippen molar-refractivity contribution in [3.05, 3.63) is 12.2 Å². The van der Waals surface area contributed by atoms with Crippen LogP contribution in [-0.2, 0) is 11.3 Å². The van der Waals surface area contributed by atoms with Crippen molar-refractivity contribution in [2.45, 2.75) is 19.9 Å². The van der Waals surface area contributed by atoms with E-state index in [-0.39, 0.29) is 18.3 Å². The predicted octanol–water partition coefficient (Wildman–Crippen LogP) is -0.324. The standard InChI is InChI=1S/C8H11N5O/c1-2-3-10-8(14)5-13-6-11-7(4-9)12-13/h6H,2-3,5H2,1H3,(H,10,14). The minimum atomic E-state index is -0.124. The van der Waals surface area contributed by atoms with Gasteiger partial charge in [0.15, 0.2) is 0 Å². The Morgan fingerprint density at radius 2 is 2.57 bits per heavy atom. The molecule has 1 N–H and O–H groups in total. The van der Waals surface area contributed by atoms with Crippen molar-refractivity contribution >= 4 is 5.91 Å². The normalized spacial score (nSPS) is 9.43. The summed E-state index contributed by atoms with van der Waals surface area (Å²) in [5.41, 5.74) is 0. The van der Waals surface area contributed by atoms with Crippen LogP contribution in [0.2, 0.25) is 0 Å². The second-order valence-corrected chi connectivity index (χ2v) is 2.73. The van der Waals surface area contributed by atoms with E-state index in [1.807, 2.05) is 6.92 Å². The van der Waals surface area contributed by atoms with Crippen LogP contribution < -0.4 is 5.32 Å². The molecular formula is C8H11N5O. The molecule has 0 aromatic carbocycles. The first-order valence-corrected chi connectivity index (χ1v) is 4.32. The molecule has 0 aliphatic carbocycles. The van der Waals surface area contributed by atoms with E-state index in [4.69, 9.17) is 5.26 Å². The van der Waals surface area contributed by atoms with Gasteiger partial charge in [-0.3, -0.25) is 4.79 Å². The maximum Gasteiger partial charge on any atom is 0.252 e. The number of amides is 1. The largest absolute Gasteiger partial charge is 0.355 e. The minimum absolute atomic E-state index is 0.0771. The number of nitrogens with zero attached hydrogens (tertiary/aromatic N) is 4. The van der Waals surface area contributed by atoms with Gasteiger partial charge in [-0.2, -0.15) is 5.26 Å². The number of nitrogens with one attached hydrogen (secondary N) is 1. The van der Waals surface area contributed by atoms with Gasteiger partial charge >= 0.3 is 0 Å². The first kappa shape index (κ1) is 10.2. The molecule has 1 heterocycles. The predicted molar refractivity (Wildman–Crippen MR) is 48.0 cm³/mol. The maximum atomic E-state index is 11.2. The average Bonchev–Trinajstić information content (AvgIpc) is 2.62. The molecule has 0 radical (unpaired) electrons. The zero-order valence-electron chi connectivity index (χ0n) is 7.90. The lowest BCUT2D eigenvalue weighted by Crippen LogP contribution is -2.28. The smallest absolute Gasteiger partial charge is 0.252 e. The van der Waals surface area contributed by atoms with E-state index in [0.29, 0.717) is 6.54 Å². The summed E-state index contributed by atoms with van der Waals surface area (Å²) in [5, 5.41) is 14.9. The van der Waals surface area contributed by atoms with Gasteiger partial charge in [0.1, 0.15) is 18.9 Å². The van der Waals surface area contributed by atoms with E-state index in [1.165, 1.54) is 11.0 Å². The lowest BCUT2D eigenvalue weighted by molar-refractivity contribution is -0.121. The zero-order valence-corrected chi connectivity index (χ0v) is 7.90. The maximum absolute atomic E-state index is 11.2. The highest BCUT2D eigenvalue weighted by atomic mass is 16.2. The van der Waals surface area contributed by atoms with Gasteiger partial charge in [-0.05, 0) is 6.42 Å². The molecule has 14 heavy (non-hydrogen) atoms. The Morgan fingerprint density at radius 3 is 3.14 bits per heavy atom. The average molecular weight is 193 g/mol. The lowest BCUT2D eigenvalue weighted by atomic mass is 10.4. The number of aromatic nitrogens is 3. The van der Waals surface area contributed by atoms with Gasteiger partial charge in [-0.25, -0.2) is 9.67 Å². The summed E-state index contributed by atoms with van der Waals surface area (Å²) in [6, 6.07) is 1.79.